The molecule has 2 atom stereocenters. The molecule has 0 radical (unpaired) electrons. The van der Waals surface area contributed by atoms with Gasteiger partial charge in [-0.15, -0.1) is 0 Å². The molecule has 0 bridgehead atoms. The first-order chi connectivity index (χ1) is 12.1. The predicted octanol–water partition coefficient (Wildman–Crippen LogP) is -0.291. The Labute approximate surface area is 151 Å². The van der Waals surface area contributed by atoms with E-state index in [1.807, 2.05) is 0 Å². The second-order valence-electron chi connectivity index (χ2n) is 6.27. The van der Waals surface area contributed by atoms with E-state index in [1.165, 1.54) is 24.3 Å². The molecule has 0 saturated carbocycles. The third-order valence-electron chi connectivity index (χ3n) is 4.01. The second-order valence-corrected chi connectivity index (χ2v) is 8.04. The molecule has 1 saturated heterocycles. The Balaban J connectivity index is 1.95. The Kier molecular flexibility index (Phi) is 6.34. The Morgan fingerprint density at radius 1 is 1.31 bits per heavy atom. The molecule has 0 spiro atoms. The summed E-state index contributed by atoms with van der Waals surface area (Å²) in [7, 11) is -3.72. The van der Waals surface area contributed by atoms with Crippen LogP contribution < -0.4 is 10.0 Å². The molecule has 1 aliphatic heterocycles. The topological polar surface area (TPSA) is 142 Å². The van der Waals surface area contributed by atoms with Gasteiger partial charge in [0.05, 0.1) is 17.5 Å². The molecule has 1 aromatic carbocycles. The largest absolute Gasteiger partial charge is 0.479 e. The molecule has 1 fully saturated rings. The van der Waals surface area contributed by atoms with Crippen LogP contribution in [0.3, 0.4) is 0 Å². The van der Waals surface area contributed by atoms with E-state index < -0.39 is 34.0 Å². The summed E-state index contributed by atoms with van der Waals surface area (Å²) in [6.45, 7) is 1.40. The maximum absolute atomic E-state index is 12.2. The zero-order valence-corrected chi connectivity index (χ0v) is 15.1. The molecule has 9 nitrogen and oxygen atoms in total. The van der Waals surface area contributed by atoms with Gasteiger partial charge in [0, 0.05) is 18.7 Å². The van der Waals surface area contributed by atoms with Crippen LogP contribution in [0, 0.1) is 0 Å². The number of rotatable bonds is 8. The van der Waals surface area contributed by atoms with Crippen molar-refractivity contribution in [3.05, 3.63) is 29.8 Å². The maximum Gasteiger partial charge on any atom is 0.337 e. The molecule has 10 heteroatoms. The van der Waals surface area contributed by atoms with Crippen LogP contribution >= 0.6 is 0 Å². The van der Waals surface area contributed by atoms with E-state index in [2.05, 4.69) is 10.0 Å². The van der Waals surface area contributed by atoms with E-state index in [4.69, 9.17) is 9.84 Å². The fourth-order valence-electron chi connectivity index (χ4n) is 2.31. The van der Waals surface area contributed by atoms with Crippen LogP contribution in [0.15, 0.2) is 29.2 Å². The van der Waals surface area contributed by atoms with E-state index in [0.29, 0.717) is 6.61 Å². The summed E-state index contributed by atoms with van der Waals surface area (Å²) < 4.78 is 32.3. The summed E-state index contributed by atoms with van der Waals surface area (Å²) in [5.74, 6) is -2.08. The van der Waals surface area contributed by atoms with Gasteiger partial charge in [-0.3, -0.25) is 4.79 Å². The number of carboxylic acids is 1. The van der Waals surface area contributed by atoms with Gasteiger partial charge < -0.3 is 20.3 Å². The van der Waals surface area contributed by atoms with E-state index >= 15 is 0 Å². The lowest BCUT2D eigenvalue weighted by molar-refractivity contribution is -0.155. The van der Waals surface area contributed by atoms with E-state index in [0.717, 1.165) is 19.8 Å². The van der Waals surface area contributed by atoms with Crippen LogP contribution in [0.5, 0.6) is 0 Å². The van der Waals surface area contributed by atoms with Crippen LogP contribution in [0.4, 0.5) is 0 Å². The summed E-state index contributed by atoms with van der Waals surface area (Å²) >= 11 is 0. The number of hydrogen-bond acceptors (Lipinski definition) is 6. The molecule has 1 heterocycles. The Hall–Kier alpha value is -2.01. The summed E-state index contributed by atoms with van der Waals surface area (Å²) in [6, 6.07) is 5.18. The number of amides is 1. The molecule has 144 valence electrons. The second kappa shape index (κ2) is 8.12. The number of carbonyl (C=O) groups is 2. The van der Waals surface area contributed by atoms with Crippen LogP contribution in [-0.4, -0.2) is 61.9 Å². The van der Waals surface area contributed by atoms with Gasteiger partial charge >= 0.3 is 5.97 Å². The normalized spacial score (nSPS) is 19.7. The number of benzene rings is 1. The summed E-state index contributed by atoms with van der Waals surface area (Å²) in [4.78, 5) is 22.8. The standard InChI is InChI=1S/C16H22N2O7S/c1-16(22,15(20)21)10-17-14(19)11-4-6-13(7-5-11)26(23,24)18-9-12-3-2-8-25-12/h4-7,12,18,22H,2-3,8-10H2,1H3,(H,17,19)(H,20,21). The summed E-state index contributed by atoms with van der Waals surface area (Å²) in [5, 5.41) is 20.7. The number of carboxylic acid groups (broad SMARTS) is 1. The molecule has 0 aromatic heterocycles. The minimum absolute atomic E-state index is 0.00424. The van der Waals surface area contributed by atoms with Gasteiger partial charge in [0.1, 0.15) is 0 Å². The number of aliphatic hydroxyl groups is 1. The van der Waals surface area contributed by atoms with Gasteiger partial charge in [0.15, 0.2) is 5.60 Å². The summed E-state index contributed by atoms with van der Waals surface area (Å²) in [5.41, 5.74) is -1.95. The molecule has 0 aliphatic carbocycles. The smallest absolute Gasteiger partial charge is 0.337 e. The van der Waals surface area contributed by atoms with Gasteiger partial charge in [0.25, 0.3) is 5.91 Å². The lowest BCUT2D eigenvalue weighted by Crippen LogP contribution is -2.46. The van der Waals surface area contributed by atoms with Crippen molar-refractivity contribution in [3.63, 3.8) is 0 Å². The van der Waals surface area contributed by atoms with E-state index in [-0.39, 0.29) is 23.1 Å². The molecule has 2 rings (SSSR count). The predicted molar refractivity (Wildman–Crippen MR) is 91.2 cm³/mol. The average molecular weight is 386 g/mol. The number of hydrogen-bond donors (Lipinski definition) is 4. The lowest BCUT2D eigenvalue weighted by atomic mass is 10.1. The monoisotopic (exact) mass is 386 g/mol. The SMILES string of the molecule is CC(O)(CNC(=O)c1ccc(S(=O)(=O)NCC2CCCO2)cc1)C(=O)O. The molecular weight excluding hydrogens is 364 g/mol. The number of nitrogens with one attached hydrogen (secondary N) is 2. The van der Waals surface area contributed by atoms with Crippen molar-refractivity contribution in [3.8, 4) is 0 Å². The van der Waals surface area contributed by atoms with Gasteiger partial charge in [-0.2, -0.15) is 0 Å². The van der Waals surface area contributed by atoms with Crippen molar-refractivity contribution in [1.29, 1.82) is 0 Å². The quantitative estimate of drug-likeness (QED) is 0.481. The Bertz CT molecular complexity index is 753. The van der Waals surface area contributed by atoms with Crippen LogP contribution in [0.25, 0.3) is 0 Å². The van der Waals surface area contributed by atoms with Crippen molar-refractivity contribution < 1.29 is 33.0 Å². The molecule has 1 amide bonds. The highest BCUT2D eigenvalue weighted by Crippen LogP contribution is 2.14. The van der Waals surface area contributed by atoms with Crippen molar-refractivity contribution in [2.24, 2.45) is 0 Å². The minimum Gasteiger partial charge on any atom is -0.479 e. The van der Waals surface area contributed by atoms with Gasteiger partial charge in [-0.05, 0) is 44.0 Å². The first-order valence-electron chi connectivity index (χ1n) is 8.07. The first-order valence-corrected chi connectivity index (χ1v) is 9.55. The van der Waals surface area contributed by atoms with Crippen molar-refractivity contribution >= 4 is 21.9 Å². The molecule has 1 aliphatic rings. The zero-order valence-electron chi connectivity index (χ0n) is 14.3. The number of ether oxygens (including phenoxy) is 1. The molecule has 1 aromatic rings. The fraction of sp³-hybridized carbons (Fsp3) is 0.500. The summed E-state index contributed by atoms with van der Waals surface area (Å²) in [6.07, 6.45) is 1.59. The maximum atomic E-state index is 12.2. The molecule has 4 N–H and O–H groups in total. The molecular formula is C16H22N2O7S. The third kappa shape index (κ3) is 5.24. The number of carbonyl (C=O) groups excluding carboxylic acids is 1. The van der Waals surface area contributed by atoms with Gasteiger partial charge in [-0.25, -0.2) is 17.9 Å². The highest BCUT2D eigenvalue weighted by atomic mass is 32.2. The van der Waals surface area contributed by atoms with Gasteiger partial charge in [-0.1, -0.05) is 0 Å². The Morgan fingerprint density at radius 3 is 2.50 bits per heavy atom. The average Bonchev–Trinajstić information content (AvgIpc) is 3.11. The van der Waals surface area contributed by atoms with Crippen molar-refractivity contribution in [2.75, 3.05) is 19.7 Å². The Morgan fingerprint density at radius 2 is 1.96 bits per heavy atom. The highest BCUT2D eigenvalue weighted by molar-refractivity contribution is 7.89. The highest BCUT2D eigenvalue weighted by Gasteiger charge is 2.30. The molecule has 26 heavy (non-hydrogen) atoms. The van der Waals surface area contributed by atoms with Crippen molar-refractivity contribution in [1.82, 2.24) is 10.0 Å². The van der Waals surface area contributed by atoms with E-state index in [1.54, 1.807) is 0 Å². The van der Waals surface area contributed by atoms with Crippen LogP contribution in [0.2, 0.25) is 0 Å². The first kappa shape index (κ1) is 20.3. The fourth-order valence-corrected chi connectivity index (χ4v) is 3.37. The van der Waals surface area contributed by atoms with Gasteiger partial charge in [0.2, 0.25) is 10.0 Å². The third-order valence-corrected chi connectivity index (χ3v) is 5.45. The van der Waals surface area contributed by atoms with Crippen LogP contribution in [-0.2, 0) is 19.6 Å². The zero-order chi connectivity index (χ0) is 19.4. The number of aliphatic carboxylic acids is 1. The van der Waals surface area contributed by atoms with Crippen LogP contribution in [0.1, 0.15) is 30.1 Å². The van der Waals surface area contributed by atoms with E-state index in [9.17, 15) is 23.1 Å². The minimum atomic E-state index is -3.72. The lowest BCUT2D eigenvalue weighted by Gasteiger charge is -2.18. The molecule has 2 unspecified atom stereocenters. The number of sulfonamides is 1. The van der Waals surface area contributed by atoms with Crippen molar-refractivity contribution in [2.45, 2.75) is 36.4 Å².